The van der Waals surface area contributed by atoms with Gasteiger partial charge in [0.1, 0.15) is 33.6 Å². The number of nitrogens with zero attached hydrogens (tertiary/aromatic N) is 1. The zero-order chi connectivity index (χ0) is 22.3. The number of imidazole rings is 1. The molecule has 31 heavy (non-hydrogen) atoms. The van der Waals surface area contributed by atoms with Crippen molar-refractivity contribution in [2.45, 2.75) is 18.7 Å². The molecule has 0 atom stereocenters. The normalized spacial score (nSPS) is 11.6. The molecular formula is C21H18FN3O5S. The number of hydrogen-bond acceptors (Lipinski definition) is 6. The molecule has 4 aromatic rings. The Morgan fingerprint density at radius 1 is 1.13 bits per heavy atom. The molecule has 0 radical (unpaired) electrons. The fourth-order valence-corrected chi connectivity index (χ4v) is 4.80. The first-order valence-electron chi connectivity index (χ1n) is 9.16. The topological polar surface area (TPSA) is 114 Å². The molecule has 0 saturated heterocycles. The van der Waals surface area contributed by atoms with Gasteiger partial charge in [0.05, 0.1) is 23.8 Å². The second-order valence-electron chi connectivity index (χ2n) is 6.84. The lowest BCUT2D eigenvalue weighted by Crippen LogP contribution is -2.17. The molecule has 0 aliphatic heterocycles. The van der Waals surface area contributed by atoms with Crippen molar-refractivity contribution in [1.29, 1.82) is 0 Å². The van der Waals surface area contributed by atoms with Crippen molar-refractivity contribution in [3.63, 3.8) is 0 Å². The number of sulfonamides is 1. The van der Waals surface area contributed by atoms with Crippen LogP contribution in [0.1, 0.15) is 21.9 Å². The number of methoxy groups -OCH3 is 1. The number of fused-ring (bicyclic) bond motifs is 1. The highest BCUT2D eigenvalue weighted by atomic mass is 32.2. The third-order valence-corrected chi connectivity index (χ3v) is 6.25. The van der Waals surface area contributed by atoms with Gasteiger partial charge in [-0.3, -0.25) is 4.72 Å². The number of ether oxygens (including phenoxy) is 1. The molecule has 2 aromatic carbocycles. The summed E-state index contributed by atoms with van der Waals surface area (Å²) in [7, 11) is -2.98. The Morgan fingerprint density at radius 2 is 1.84 bits per heavy atom. The van der Waals surface area contributed by atoms with E-state index in [1.165, 1.54) is 33.1 Å². The zero-order valence-electron chi connectivity index (χ0n) is 16.8. The lowest BCUT2D eigenvalue weighted by atomic mass is 10.2. The van der Waals surface area contributed by atoms with Gasteiger partial charge in [0.25, 0.3) is 10.0 Å². The molecule has 2 heterocycles. The smallest absolute Gasteiger partial charge is 0.342 e. The van der Waals surface area contributed by atoms with E-state index in [1.54, 1.807) is 30.3 Å². The second kappa shape index (κ2) is 7.55. The van der Waals surface area contributed by atoms with E-state index in [-0.39, 0.29) is 33.5 Å². The van der Waals surface area contributed by atoms with Gasteiger partial charge in [-0.15, -0.1) is 0 Å². The number of anilines is 1. The number of halogens is 1. The Hall–Kier alpha value is -3.66. The van der Waals surface area contributed by atoms with Gasteiger partial charge in [-0.25, -0.2) is 22.6 Å². The summed E-state index contributed by atoms with van der Waals surface area (Å²) >= 11 is 0. The van der Waals surface area contributed by atoms with Gasteiger partial charge >= 0.3 is 5.97 Å². The number of esters is 1. The SMILES string of the molecule is COC(=O)c1c(C)oc(C)c1S(=O)(=O)Nc1ccc2nc(-c3ccc(F)cc3)[nH]c2c1. The number of aromatic amines is 1. The number of nitrogens with one attached hydrogen (secondary N) is 2. The van der Waals surface area contributed by atoms with Gasteiger partial charge in [0.15, 0.2) is 0 Å². The molecule has 0 spiro atoms. The number of H-pyrrole nitrogens is 1. The Morgan fingerprint density at radius 3 is 2.52 bits per heavy atom. The number of aromatic nitrogens is 2. The third-order valence-electron chi connectivity index (χ3n) is 4.72. The van der Waals surface area contributed by atoms with Crippen LogP contribution in [0, 0.1) is 19.7 Å². The minimum atomic E-state index is -4.15. The first kappa shape index (κ1) is 20.6. The number of carbonyl (C=O) groups is 1. The van der Waals surface area contributed by atoms with Crippen molar-refractivity contribution in [1.82, 2.24) is 9.97 Å². The van der Waals surface area contributed by atoms with E-state index in [9.17, 15) is 17.6 Å². The van der Waals surface area contributed by atoms with Gasteiger partial charge in [0, 0.05) is 5.56 Å². The molecule has 0 bridgehead atoms. The standard InChI is InChI=1S/C21H18FN3O5S/c1-11-18(21(26)29-3)19(12(2)30-11)31(27,28)25-15-8-9-16-17(10-15)24-20(23-16)13-4-6-14(22)7-5-13/h4-10,25H,1-3H3,(H,23,24). The summed E-state index contributed by atoms with van der Waals surface area (Å²) in [5.74, 6) is -0.413. The van der Waals surface area contributed by atoms with Crippen LogP contribution < -0.4 is 4.72 Å². The number of aryl methyl sites for hydroxylation is 2. The highest BCUT2D eigenvalue weighted by Crippen LogP contribution is 2.30. The average Bonchev–Trinajstić information content (AvgIpc) is 3.27. The summed E-state index contributed by atoms with van der Waals surface area (Å²) in [6, 6.07) is 10.6. The molecule has 160 valence electrons. The van der Waals surface area contributed by atoms with Crippen molar-refractivity contribution >= 4 is 32.7 Å². The molecule has 4 rings (SSSR count). The number of carbonyl (C=O) groups excluding carboxylic acids is 1. The Balaban J connectivity index is 1.70. The van der Waals surface area contributed by atoms with Crippen LogP contribution in [-0.4, -0.2) is 31.5 Å². The van der Waals surface area contributed by atoms with Crippen LogP contribution in [0.2, 0.25) is 0 Å². The highest BCUT2D eigenvalue weighted by Gasteiger charge is 2.31. The minimum Gasteiger partial charge on any atom is -0.465 e. The van der Waals surface area contributed by atoms with Crippen LogP contribution in [0.25, 0.3) is 22.4 Å². The van der Waals surface area contributed by atoms with Gasteiger partial charge < -0.3 is 14.1 Å². The number of furan rings is 1. The van der Waals surface area contributed by atoms with Crippen molar-refractivity contribution in [3.8, 4) is 11.4 Å². The maximum absolute atomic E-state index is 13.2. The van der Waals surface area contributed by atoms with Crippen LogP contribution in [-0.2, 0) is 14.8 Å². The summed E-state index contributed by atoms with van der Waals surface area (Å²) < 4.78 is 51.7. The molecule has 0 aliphatic rings. The number of benzene rings is 2. The van der Waals surface area contributed by atoms with Gasteiger partial charge in [0.2, 0.25) is 0 Å². The third kappa shape index (κ3) is 3.77. The molecule has 8 nitrogen and oxygen atoms in total. The van der Waals surface area contributed by atoms with Gasteiger partial charge in [-0.05, 0) is 56.3 Å². The van der Waals surface area contributed by atoms with Crippen LogP contribution in [0.3, 0.4) is 0 Å². The molecule has 10 heteroatoms. The second-order valence-corrected chi connectivity index (χ2v) is 8.46. The molecule has 0 fully saturated rings. The van der Waals surface area contributed by atoms with Crippen molar-refractivity contribution in [2.24, 2.45) is 0 Å². The van der Waals surface area contributed by atoms with E-state index in [2.05, 4.69) is 14.7 Å². The Labute approximate surface area is 177 Å². The predicted molar refractivity (Wildman–Crippen MR) is 112 cm³/mol. The van der Waals surface area contributed by atoms with E-state index in [1.807, 2.05) is 0 Å². The average molecular weight is 443 g/mol. The van der Waals surface area contributed by atoms with Crippen LogP contribution in [0.4, 0.5) is 10.1 Å². The predicted octanol–water partition coefficient (Wildman–Crippen LogP) is 4.17. The maximum Gasteiger partial charge on any atom is 0.342 e. The van der Waals surface area contributed by atoms with Crippen molar-refractivity contribution in [2.75, 3.05) is 11.8 Å². The van der Waals surface area contributed by atoms with Crippen LogP contribution >= 0.6 is 0 Å². The largest absolute Gasteiger partial charge is 0.465 e. The lowest BCUT2D eigenvalue weighted by molar-refractivity contribution is 0.0595. The molecule has 2 N–H and O–H groups in total. The molecule has 0 aliphatic carbocycles. The minimum absolute atomic E-state index is 0.0756. The maximum atomic E-state index is 13.2. The summed E-state index contributed by atoms with van der Waals surface area (Å²) in [5.41, 5.74) is 1.98. The van der Waals surface area contributed by atoms with E-state index < -0.39 is 16.0 Å². The van der Waals surface area contributed by atoms with Crippen molar-refractivity contribution < 1.29 is 26.8 Å². The van der Waals surface area contributed by atoms with Gasteiger partial charge in [-0.2, -0.15) is 0 Å². The van der Waals surface area contributed by atoms with E-state index in [4.69, 9.17) is 9.15 Å². The fraction of sp³-hybridized carbons (Fsp3) is 0.143. The fourth-order valence-electron chi connectivity index (χ4n) is 3.35. The van der Waals surface area contributed by atoms with Crippen LogP contribution in [0.5, 0.6) is 0 Å². The van der Waals surface area contributed by atoms with E-state index in [0.717, 1.165) is 0 Å². The molecule has 0 saturated carbocycles. The van der Waals surface area contributed by atoms with Crippen molar-refractivity contribution in [3.05, 3.63) is 65.4 Å². The van der Waals surface area contributed by atoms with Gasteiger partial charge in [-0.1, -0.05) is 0 Å². The quantitative estimate of drug-likeness (QED) is 0.448. The summed E-state index contributed by atoms with van der Waals surface area (Å²) in [4.78, 5) is 19.4. The summed E-state index contributed by atoms with van der Waals surface area (Å²) in [6.45, 7) is 2.95. The highest BCUT2D eigenvalue weighted by molar-refractivity contribution is 7.92. The molecular weight excluding hydrogens is 425 g/mol. The monoisotopic (exact) mass is 443 g/mol. The number of rotatable bonds is 5. The number of hydrogen-bond donors (Lipinski definition) is 2. The Kier molecular flexibility index (Phi) is 5.02. The zero-order valence-corrected chi connectivity index (χ0v) is 17.6. The van der Waals surface area contributed by atoms with Crippen LogP contribution in [0.15, 0.2) is 51.8 Å². The molecule has 0 amide bonds. The summed E-state index contributed by atoms with van der Waals surface area (Å²) in [5, 5.41) is 0. The lowest BCUT2D eigenvalue weighted by Gasteiger charge is -2.09. The Bertz CT molecular complexity index is 1410. The molecule has 0 unspecified atom stereocenters. The van der Waals surface area contributed by atoms with E-state index in [0.29, 0.717) is 22.4 Å². The first-order chi connectivity index (χ1) is 14.7. The molecule has 2 aromatic heterocycles. The first-order valence-corrected chi connectivity index (χ1v) is 10.6. The van der Waals surface area contributed by atoms with E-state index >= 15 is 0 Å². The summed E-state index contributed by atoms with van der Waals surface area (Å²) in [6.07, 6.45) is 0.